The highest BCUT2D eigenvalue weighted by atomic mass is 16.1. The van der Waals surface area contributed by atoms with Crippen molar-refractivity contribution in [3.05, 3.63) is 53.7 Å². The maximum atomic E-state index is 12.0. The number of anilines is 2. The number of nitrogens with zero attached hydrogens (tertiary/aromatic N) is 2. The minimum absolute atomic E-state index is 0.334. The van der Waals surface area contributed by atoms with Crippen LogP contribution in [0.2, 0.25) is 0 Å². The number of nitriles is 1. The van der Waals surface area contributed by atoms with Gasteiger partial charge in [-0.25, -0.2) is 10.8 Å². The molecular weight excluding hydrogens is 242 g/mol. The Morgan fingerprint density at radius 1 is 1.26 bits per heavy atom. The number of hydrogen-bond donors (Lipinski definition) is 3. The third kappa shape index (κ3) is 2.86. The molecule has 0 fully saturated rings. The van der Waals surface area contributed by atoms with Crippen LogP contribution in [0.5, 0.6) is 0 Å². The lowest BCUT2D eigenvalue weighted by Gasteiger charge is -2.07. The molecule has 0 atom stereocenters. The van der Waals surface area contributed by atoms with E-state index in [1.807, 2.05) is 6.07 Å². The van der Waals surface area contributed by atoms with E-state index in [-0.39, 0.29) is 5.91 Å². The number of benzene rings is 1. The number of hydrazine groups is 1. The normalized spacial score (nSPS) is 9.47. The summed E-state index contributed by atoms with van der Waals surface area (Å²) in [5.41, 5.74) is 3.63. The van der Waals surface area contributed by atoms with Gasteiger partial charge < -0.3 is 10.7 Å². The number of amides is 1. The summed E-state index contributed by atoms with van der Waals surface area (Å²) in [6.07, 6.45) is 1.40. The van der Waals surface area contributed by atoms with Crippen LogP contribution in [-0.4, -0.2) is 10.9 Å². The molecule has 1 aromatic heterocycles. The summed E-state index contributed by atoms with van der Waals surface area (Å²) in [6.45, 7) is 0. The molecule has 94 valence electrons. The predicted octanol–water partition coefficient (Wildman–Crippen LogP) is 1.49. The Labute approximate surface area is 109 Å². The summed E-state index contributed by atoms with van der Waals surface area (Å²) in [5.74, 6) is 5.32. The Morgan fingerprint density at radius 3 is 2.68 bits per heavy atom. The van der Waals surface area contributed by atoms with E-state index in [9.17, 15) is 4.79 Å². The first-order valence-corrected chi connectivity index (χ1v) is 5.47. The SMILES string of the molecule is N#Cc1ccccc1NC(=O)c1ccc(NN)nc1. The van der Waals surface area contributed by atoms with Crippen LogP contribution in [-0.2, 0) is 0 Å². The molecule has 19 heavy (non-hydrogen) atoms. The summed E-state index contributed by atoms with van der Waals surface area (Å²) < 4.78 is 0. The fourth-order valence-electron chi connectivity index (χ4n) is 1.50. The van der Waals surface area contributed by atoms with Gasteiger partial charge in [-0.05, 0) is 24.3 Å². The Bertz CT molecular complexity index is 630. The number of carbonyl (C=O) groups is 1. The molecule has 1 amide bonds. The number of para-hydroxylation sites is 1. The molecule has 1 aromatic carbocycles. The van der Waals surface area contributed by atoms with Crippen molar-refractivity contribution in [2.24, 2.45) is 5.84 Å². The standard InChI is InChI=1S/C13H11N5O/c14-7-9-3-1-2-4-11(9)17-13(19)10-5-6-12(18-15)16-8-10/h1-6,8H,15H2,(H,16,18)(H,17,19). The molecule has 0 aliphatic rings. The molecular formula is C13H11N5O. The van der Waals surface area contributed by atoms with E-state index in [0.29, 0.717) is 22.6 Å². The Balaban J connectivity index is 2.18. The van der Waals surface area contributed by atoms with Crippen molar-refractivity contribution in [3.8, 4) is 6.07 Å². The van der Waals surface area contributed by atoms with Gasteiger partial charge in [0.15, 0.2) is 0 Å². The van der Waals surface area contributed by atoms with Gasteiger partial charge in [-0.15, -0.1) is 0 Å². The molecule has 0 aliphatic heterocycles. The topological polar surface area (TPSA) is 104 Å². The lowest BCUT2D eigenvalue weighted by atomic mass is 10.2. The highest BCUT2D eigenvalue weighted by Crippen LogP contribution is 2.15. The van der Waals surface area contributed by atoms with Gasteiger partial charge in [-0.2, -0.15) is 5.26 Å². The average molecular weight is 253 g/mol. The predicted molar refractivity (Wildman–Crippen MR) is 71.2 cm³/mol. The van der Waals surface area contributed by atoms with Crippen LogP contribution in [0.25, 0.3) is 0 Å². The van der Waals surface area contributed by atoms with Crippen molar-refractivity contribution in [2.75, 3.05) is 10.7 Å². The number of carbonyl (C=O) groups excluding carboxylic acids is 1. The minimum atomic E-state index is -0.334. The maximum absolute atomic E-state index is 12.0. The van der Waals surface area contributed by atoms with Gasteiger partial charge in [-0.3, -0.25) is 4.79 Å². The average Bonchev–Trinajstić information content (AvgIpc) is 2.48. The maximum Gasteiger partial charge on any atom is 0.257 e. The molecule has 6 nitrogen and oxygen atoms in total. The zero-order valence-corrected chi connectivity index (χ0v) is 9.92. The van der Waals surface area contributed by atoms with Crippen LogP contribution in [0.1, 0.15) is 15.9 Å². The Kier molecular flexibility index (Phi) is 3.71. The quantitative estimate of drug-likeness (QED) is 0.568. The van der Waals surface area contributed by atoms with Crippen LogP contribution in [0.15, 0.2) is 42.6 Å². The second-order valence-corrected chi connectivity index (χ2v) is 3.69. The summed E-state index contributed by atoms with van der Waals surface area (Å²) in [5, 5.41) is 11.6. The van der Waals surface area contributed by atoms with Gasteiger partial charge >= 0.3 is 0 Å². The fraction of sp³-hybridized carbons (Fsp3) is 0. The number of pyridine rings is 1. The third-order valence-corrected chi connectivity index (χ3v) is 2.47. The molecule has 6 heteroatoms. The van der Waals surface area contributed by atoms with Crippen LogP contribution >= 0.6 is 0 Å². The first-order chi connectivity index (χ1) is 9.24. The summed E-state index contributed by atoms with van der Waals surface area (Å²) in [6, 6.07) is 12.0. The second kappa shape index (κ2) is 5.62. The minimum Gasteiger partial charge on any atom is -0.321 e. The van der Waals surface area contributed by atoms with Gasteiger partial charge in [0.1, 0.15) is 11.9 Å². The number of rotatable bonds is 3. The smallest absolute Gasteiger partial charge is 0.257 e. The zero-order valence-electron chi connectivity index (χ0n) is 9.92. The largest absolute Gasteiger partial charge is 0.321 e. The summed E-state index contributed by atoms with van der Waals surface area (Å²) in [7, 11) is 0. The number of aromatic nitrogens is 1. The van der Waals surface area contributed by atoms with E-state index in [2.05, 4.69) is 15.7 Å². The summed E-state index contributed by atoms with van der Waals surface area (Å²) in [4.78, 5) is 15.9. The Morgan fingerprint density at radius 2 is 2.05 bits per heavy atom. The van der Waals surface area contributed by atoms with E-state index >= 15 is 0 Å². The van der Waals surface area contributed by atoms with Crippen molar-refractivity contribution < 1.29 is 4.79 Å². The molecule has 0 radical (unpaired) electrons. The third-order valence-electron chi connectivity index (χ3n) is 2.47. The number of hydrogen-bond acceptors (Lipinski definition) is 5. The molecule has 0 spiro atoms. The first kappa shape index (κ1) is 12.5. The zero-order chi connectivity index (χ0) is 13.7. The Hall–Kier alpha value is -2.91. The molecule has 1 heterocycles. The van der Waals surface area contributed by atoms with Crippen LogP contribution < -0.4 is 16.6 Å². The molecule has 0 unspecified atom stereocenters. The van der Waals surface area contributed by atoms with E-state index in [1.54, 1.807) is 36.4 Å². The molecule has 0 aliphatic carbocycles. The highest BCUT2D eigenvalue weighted by Gasteiger charge is 2.09. The second-order valence-electron chi connectivity index (χ2n) is 3.69. The highest BCUT2D eigenvalue weighted by molar-refractivity contribution is 6.04. The number of nitrogens with two attached hydrogens (primary N) is 1. The van der Waals surface area contributed by atoms with Crippen LogP contribution in [0.4, 0.5) is 11.5 Å². The van der Waals surface area contributed by atoms with Crippen LogP contribution in [0.3, 0.4) is 0 Å². The fourth-order valence-corrected chi connectivity index (χ4v) is 1.50. The van der Waals surface area contributed by atoms with Crippen molar-refractivity contribution in [2.45, 2.75) is 0 Å². The van der Waals surface area contributed by atoms with Crippen molar-refractivity contribution in [1.82, 2.24) is 4.98 Å². The van der Waals surface area contributed by atoms with E-state index in [4.69, 9.17) is 11.1 Å². The molecule has 2 aromatic rings. The van der Waals surface area contributed by atoms with Gasteiger partial charge in [0.05, 0.1) is 16.8 Å². The number of nitrogen functional groups attached to an aromatic ring is 1. The molecule has 2 rings (SSSR count). The van der Waals surface area contributed by atoms with E-state index in [0.717, 1.165) is 0 Å². The van der Waals surface area contributed by atoms with Gasteiger partial charge in [0, 0.05) is 6.20 Å². The van der Waals surface area contributed by atoms with Crippen molar-refractivity contribution in [3.63, 3.8) is 0 Å². The van der Waals surface area contributed by atoms with Crippen molar-refractivity contribution in [1.29, 1.82) is 5.26 Å². The van der Waals surface area contributed by atoms with Gasteiger partial charge in [0.2, 0.25) is 0 Å². The number of nitrogens with one attached hydrogen (secondary N) is 2. The van der Waals surface area contributed by atoms with Crippen LogP contribution in [0, 0.1) is 11.3 Å². The van der Waals surface area contributed by atoms with E-state index in [1.165, 1.54) is 6.20 Å². The molecule has 0 saturated heterocycles. The van der Waals surface area contributed by atoms with Gasteiger partial charge in [-0.1, -0.05) is 12.1 Å². The lowest BCUT2D eigenvalue weighted by molar-refractivity contribution is 0.102. The van der Waals surface area contributed by atoms with Crippen molar-refractivity contribution >= 4 is 17.4 Å². The van der Waals surface area contributed by atoms with E-state index < -0.39 is 0 Å². The van der Waals surface area contributed by atoms with Gasteiger partial charge in [0.25, 0.3) is 5.91 Å². The lowest BCUT2D eigenvalue weighted by Crippen LogP contribution is -2.14. The first-order valence-electron chi connectivity index (χ1n) is 5.47. The molecule has 4 N–H and O–H groups in total. The molecule has 0 saturated carbocycles. The summed E-state index contributed by atoms with van der Waals surface area (Å²) >= 11 is 0. The molecule has 0 bridgehead atoms. The monoisotopic (exact) mass is 253 g/mol.